The number of nitrogens with zero attached hydrogens (tertiary/aromatic N) is 3. The van der Waals surface area contributed by atoms with E-state index < -0.39 is 0 Å². The highest BCUT2D eigenvalue weighted by atomic mass is 16.2. The monoisotopic (exact) mass is 270 g/mol. The smallest absolute Gasteiger partial charge is 0.318 e. The normalized spacial score (nSPS) is 10.3. The van der Waals surface area contributed by atoms with Crippen LogP contribution in [0.25, 0.3) is 0 Å². The molecule has 0 radical (unpaired) electrons. The number of carbonyl (C=O) groups is 1. The first-order chi connectivity index (χ1) is 9.66. The highest BCUT2D eigenvalue weighted by Crippen LogP contribution is 2.10. The molecule has 5 heteroatoms. The molecule has 2 amide bonds. The molecule has 0 saturated heterocycles. The maximum atomic E-state index is 12.3. The lowest BCUT2D eigenvalue weighted by molar-refractivity contribution is 0.193. The predicted octanol–water partition coefficient (Wildman–Crippen LogP) is 2.92. The van der Waals surface area contributed by atoms with Crippen LogP contribution in [-0.2, 0) is 6.54 Å². The van der Waals surface area contributed by atoms with Gasteiger partial charge in [-0.2, -0.15) is 0 Å². The highest BCUT2D eigenvalue weighted by Gasteiger charge is 2.17. The molecule has 0 atom stereocenters. The van der Waals surface area contributed by atoms with E-state index in [0.717, 1.165) is 5.56 Å². The molecule has 0 aliphatic heterocycles. The molecule has 0 unspecified atom stereocenters. The molecule has 20 heavy (non-hydrogen) atoms. The van der Waals surface area contributed by atoms with Gasteiger partial charge in [0.2, 0.25) is 0 Å². The van der Waals surface area contributed by atoms with Crippen molar-refractivity contribution in [1.29, 1.82) is 0 Å². The van der Waals surface area contributed by atoms with Gasteiger partial charge in [0.25, 0.3) is 0 Å². The lowest BCUT2D eigenvalue weighted by Gasteiger charge is -2.26. The summed E-state index contributed by atoms with van der Waals surface area (Å²) in [5.41, 5.74) is 1.09. The van der Waals surface area contributed by atoms with E-state index in [-0.39, 0.29) is 12.1 Å². The van der Waals surface area contributed by atoms with Gasteiger partial charge in [-0.05, 0) is 19.4 Å². The van der Waals surface area contributed by atoms with E-state index in [0.29, 0.717) is 12.4 Å². The first kappa shape index (κ1) is 14.0. The van der Waals surface area contributed by atoms with Crippen molar-refractivity contribution in [2.24, 2.45) is 0 Å². The van der Waals surface area contributed by atoms with Gasteiger partial charge < -0.3 is 4.90 Å². The van der Waals surface area contributed by atoms with Gasteiger partial charge in [-0.15, -0.1) is 0 Å². The molecule has 1 N–H and O–H groups in total. The number of benzene rings is 1. The number of rotatable bonds is 4. The lowest BCUT2D eigenvalue weighted by Crippen LogP contribution is -2.39. The van der Waals surface area contributed by atoms with Crippen LogP contribution >= 0.6 is 0 Å². The van der Waals surface area contributed by atoms with E-state index >= 15 is 0 Å². The van der Waals surface area contributed by atoms with Crippen molar-refractivity contribution in [1.82, 2.24) is 14.9 Å². The molecule has 1 aromatic carbocycles. The highest BCUT2D eigenvalue weighted by molar-refractivity contribution is 5.88. The van der Waals surface area contributed by atoms with Gasteiger partial charge in [0.1, 0.15) is 0 Å². The fourth-order valence-electron chi connectivity index (χ4n) is 1.81. The van der Waals surface area contributed by atoms with E-state index in [1.165, 1.54) is 6.20 Å². The Balaban J connectivity index is 2.07. The van der Waals surface area contributed by atoms with Gasteiger partial charge in [-0.3, -0.25) is 10.3 Å². The van der Waals surface area contributed by atoms with Crippen LogP contribution < -0.4 is 5.32 Å². The Morgan fingerprint density at radius 2 is 2.00 bits per heavy atom. The van der Waals surface area contributed by atoms with Gasteiger partial charge in [0.05, 0.1) is 6.20 Å². The van der Waals surface area contributed by atoms with Crippen LogP contribution in [-0.4, -0.2) is 26.9 Å². The minimum Gasteiger partial charge on any atom is -0.318 e. The third-order valence-corrected chi connectivity index (χ3v) is 2.88. The average Bonchev–Trinajstić information content (AvgIpc) is 2.46. The zero-order valence-electron chi connectivity index (χ0n) is 11.7. The maximum absolute atomic E-state index is 12.3. The quantitative estimate of drug-likeness (QED) is 0.929. The fraction of sp³-hybridized carbons (Fsp3) is 0.267. The summed E-state index contributed by atoms with van der Waals surface area (Å²) >= 11 is 0. The van der Waals surface area contributed by atoms with Crippen molar-refractivity contribution in [3.63, 3.8) is 0 Å². The molecule has 1 aromatic heterocycles. The third-order valence-electron chi connectivity index (χ3n) is 2.88. The van der Waals surface area contributed by atoms with Crippen LogP contribution in [0, 0.1) is 0 Å². The molecule has 1 heterocycles. The Morgan fingerprint density at radius 3 is 2.60 bits per heavy atom. The molecule has 104 valence electrons. The van der Waals surface area contributed by atoms with E-state index in [4.69, 9.17) is 0 Å². The number of anilines is 1. The summed E-state index contributed by atoms with van der Waals surface area (Å²) < 4.78 is 0. The minimum atomic E-state index is -0.177. The van der Waals surface area contributed by atoms with Crippen molar-refractivity contribution >= 4 is 11.8 Å². The molecule has 0 bridgehead atoms. The summed E-state index contributed by atoms with van der Waals surface area (Å²) in [7, 11) is 0. The molecule has 0 spiro atoms. The second-order valence-electron chi connectivity index (χ2n) is 4.73. The summed E-state index contributed by atoms with van der Waals surface area (Å²) in [6.07, 6.45) is 4.64. The Labute approximate surface area is 118 Å². The minimum absolute atomic E-state index is 0.0897. The topological polar surface area (TPSA) is 58.1 Å². The van der Waals surface area contributed by atoms with Crippen LogP contribution in [0.1, 0.15) is 19.4 Å². The SMILES string of the molecule is CC(C)N(Cc1ccccc1)C(=O)Nc1cnccn1. The molecule has 0 aliphatic carbocycles. The molecule has 2 aromatic rings. The largest absolute Gasteiger partial charge is 0.323 e. The van der Waals surface area contributed by atoms with Crippen molar-refractivity contribution in [3.05, 3.63) is 54.5 Å². The summed E-state index contributed by atoms with van der Waals surface area (Å²) in [4.78, 5) is 22.0. The maximum Gasteiger partial charge on any atom is 0.323 e. The first-order valence-electron chi connectivity index (χ1n) is 6.54. The molecule has 5 nitrogen and oxygen atoms in total. The Bertz CT molecular complexity index is 542. The number of urea groups is 1. The number of carbonyl (C=O) groups excluding carboxylic acids is 1. The van der Waals surface area contributed by atoms with Crippen LogP contribution in [0.2, 0.25) is 0 Å². The zero-order chi connectivity index (χ0) is 14.4. The Kier molecular flexibility index (Phi) is 4.65. The molecule has 2 rings (SSSR count). The van der Waals surface area contributed by atoms with Gasteiger partial charge in [-0.1, -0.05) is 30.3 Å². The number of hydrogen-bond donors (Lipinski definition) is 1. The molecule has 0 saturated carbocycles. The van der Waals surface area contributed by atoms with Crippen molar-refractivity contribution in [2.45, 2.75) is 26.4 Å². The van der Waals surface area contributed by atoms with Gasteiger partial charge in [0, 0.05) is 25.0 Å². The zero-order valence-corrected chi connectivity index (χ0v) is 11.7. The number of nitrogens with one attached hydrogen (secondary N) is 1. The number of amides is 2. The summed E-state index contributed by atoms with van der Waals surface area (Å²) in [6.45, 7) is 4.53. The van der Waals surface area contributed by atoms with E-state index in [9.17, 15) is 4.79 Å². The van der Waals surface area contributed by atoms with Gasteiger partial charge in [0.15, 0.2) is 5.82 Å². The first-order valence-corrected chi connectivity index (χ1v) is 6.54. The predicted molar refractivity (Wildman–Crippen MR) is 78.2 cm³/mol. The van der Waals surface area contributed by atoms with E-state index in [1.807, 2.05) is 44.2 Å². The van der Waals surface area contributed by atoms with Crippen molar-refractivity contribution in [2.75, 3.05) is 5.32 Å². The summed E-state index contributed by atoms with van der Waals surface area (Å²) in [5, 5.41) is 2.76. The Hall–Kier alpha value is -2.43. The summed E-state index contributed by atoms with van der Waals surface area (Å²) in [5.74, 6) is 0.455. The molecular formula is C15H18N4O. The summed E-state index contributed by atoms with van der Waals surface area (Å²) in [6, 6.07) is 9.82. The second kappa shape index (κ2) is 6.65. The average molecular weight is 270 g/mol. The van der Waals surface area contributed by atoms with Crippen molar-refractivity contribution < 1.29 is 4.79 Å². The molecular weight excluding hydrogens is 252 g/mol. The Morgan fingerprint density at radius 1 is 1.25 bits per heavy atom. The lowest BCUT2D eigenvalue weighted by atomic mass is 10.2. The van der Waals surface area contributed by atoms with Gasteiger partial charge in [-0.25, -0.2) is 9.78 Å². The standard InChI is InChI=1S/C15H18N4O/c1-12(2)19(11-13-6-4-3-5-7-13)15(20)18-14-10-16-8-9-17-14/h3-10,12H,11H2,1-2H3,(H,17,18,20). The van der Waals surface area contributed by atoms with Crippen LogP contribution in [0.3, 0.4) is 0 Å². The van der Waals surface area contributed by atoms with Gasteiger partial charge >= 0.3 is 6.03 Å². The van der Waals surface area contributed by atoms with Crippen LogP contribution in [0.15, 0.2) is 48.9 Å². The fourth-order valence-corrected chi connectivity index (χ4v) is 1.81. The van der Waals surface area contributed by atoms with E-state index in [1.54, 1.807) is 17.3 Å². The number of hydrogen-bond acceptors (Lipinski definition) is 3. The molecule has 0 aliphatic rings. The second-order valence-corrected chi connectivity index (χ2v) is 4.73. The van der Waals surface area contributed by atoms with Crippen LogP contribution in [0.5, 0.6) is 0 Å². The number of aromatic nitrogens is 2. The van der Waals surface area contributed by atoms with Crippen molar-refractivity contribution in [3.8, 4) is 0 Å². The molecule has 0 fully saturated rings. The third kappa shape index (κ3) is 3.78. The van der Waals surface area contributed by atoms with E-state index in [2.05, 4.69) is 15.3 Å². The van der Waals surface area contributed by atoms with Crippen LogP contribution in [0.4, 0.5) is 10.6 Å².